The predicted octanol–water partition coefficient (Wildman–Crippen LogP) is 1.47. The molecule has 3 heterocycles. The third-order valence-electron chi connectivity index (χ3n) is 3.77. The first-order valence-corrected chi connectivity index (χ1v) is 6.69. The Balaban J connectivity index is 0.00000144. The number of nitrogens with zero attached hydrogens (tertiary/aromatic N) is 6. The lowest BCUT2D eigenvalue weighted by molar-refractivity contribution is 0.229. The Morgan fingerprint density at radius 3 is 2.73 bits per heavy atom. The Bertz CT molecular complexity index is 749. The Hall–Kier alpha value is -2.32. The van der Waals surface area contributed by atoms with Crippen molar-refractivity contribution in [3.63, 3.8) is 0 Å². The van der Waals surface area contributed by atoms with Crippen LogP contribution in [0.1, 0.15) is 25.1 Å². The van der Waals surface area contributed by atoms with Gasteiger partial charge in [0.05, 0.1) is 11.1 Å². The summed E-state index contributed by atoms with van der Waals surface area (Å²) in [7, 11) is 0. The number of pyridine rings is 1. The molecule has 3 aromatic rings. The molecule has 4 rings (SSSR count). The largest absolute Gasteiger partial charge is 0.334 e. The number of nitrogens with two attached hydrogens (primary N) is 1. The Kier molecular flexibility index (Phi) is 3.63. The highest BCUT2D eigenvalue weighted by molar-refractivity contribution is 5.85. The summed E-state index contributed by atoms with van der Waals surface area (Å²) in [6.45, 7) is 0. The lowest BCUT2D eigenvalue weighted by atomic mass is 9.77. The molecule has 0 radical (unpaired) electrons. The van der Waals surface area contributed by atoms with Crippen LogP contribution in [0.2, 0.25) is 0 Å². The third kappa shape index (κ3) is 2.36. The molecule has 1 aliphatic carbocycles. The second-order valence-corrected chi connectivity index (χ2v) is 5.18. The first kappa shape index (κ1) is 14.6. The molecule has 0 aromatic carbocycles. The fourth-order valence-electron chi connectivity index (χ4n) is 2.30. The van der Waals surface area contributed by atoms with Gasteiger partial charge >= 0.3 is 0 Å². The quantitative estimate of drug-likeness (QED) is 0.778. The van der Waals surface area contributed by atoms with Gasteiger partial charge in [-0.15, -0.1) is 12.4 Å². The van der Waals surface area contributed by atoms with Crippen LogP contribution in [0.15, 0.2) is 35.5 Å². The fraction of sp³-hybridized carbons (Fsp3) is 0.308. The lowest BCUT2D eigenvalue weighted by Gasteiger charge is -2.34. The van der Waals surface area contributed by atoms with Crippen LogP contribution in [-0.2, 0) is 5.54 Å². The Labute approximate surface area is 132 Å². The summed E-state index contributed by atoms with van der Waals surface area (Å²) in [6.07, 6.45) is 7.61. The fourth-order valence-corrected chi connectivity index (χ4v) is 2.30. The Morgan fingerprint density at radius 1 is 1.27 bits per heavy atom. The van der Waals surface area contributed by atoms with E-state index in [-0.39, 0.29) is 12.4 Å². The van der Waals surface area contributed by atoms with Gasteiger partial charge in [0.1, 0.15) is 12.7 Å². The normalized spacial score (nSPS) is 15.9. The van der Waals surface area contributed by atoms with Crippen molar-refractivity contribution >= 4 is 12.4 Å². The zero-order chi connectivity index (χ0) is 14.3. The first-order valence-electron chi connectivity index (χ1n) is 6.69. The van der Waals surface area contributed by atoms with Gasteiger partial charge < -0.3 is 10.3 Å². The van der Waals surface area contributed by atoms with E-state index in [0.29, 0.717) is 17.5 Å². The van der Waals surface area contributed by atoms with Crippen LogP contribution in [0.25, 0.3) is 17.3 Å². The minimum absolute atomic E-state index is 0. The van der Waals surface area contributed by atoms with Crippen LogP contribution in [-0.4, -0.2) is 29.9 Å². The van der Waals surface area contributed by atoms with E-state index < -0.39 is 5.54 Å². The van der Waals surface area contributed by atoms with Gasteiger partial charge in [0.15, 0.2) is 11.6 Å². The first-order chi connectivity index (χ1) is 10.2. The van der Waals surface area contributed by atoms with Crippen molar-refractivity contribution in [2.24, 2.45) is 5.73 Å². The van der Waals surface area contributed by atoms with Crippen LogP contribution in [0.3, 0.4) is 0 Å². The highest BCUT2D eigenvalue weighted by atomic mass is 35.5. The van der Waals surface area contributed by atoms with Crippen molar-refractivity contribution in [2.45, 2.75) is 24.8 Å². The summed E-state index contributed by atoms with van der Waals surface area (Å²) in [4.78, 5) is 12.6. The van der Waals surface area contributed by atoms with Crippen LogP contribution < -0.4 is 5.73 Å². The molecule has 2 N–H and O–H groups in total. The summed E-state index contributed by atoms with van der Waals surface area (Å²) in [5.74, 6) is 1.67. The molecule has 9 heteroatoms. The van der Waals surface area contributed by atoms with E-state index in [1.807, 2.05) is 12.1 Å². The summed E-state index contributed by atoms with van der Waals surface area (Å²) < 4.78 is 6.86. The summed E-state index contributed by atoms with van der Waals surface area (Å²) in [6, 6.07) is 3.67. The lowest BCUT2D eigenvalue weighted by Crippen LogP contribution is -2.44. The van der Waals surface area contributed by atoms with E-state index in [9.17, 15) is 0 Å². The van der Waals surface area contributed by atoms with Gasteiger partial charge in [-0.3, -0.25) is 0 Å². The average Bonchev–Trinajstić information content (AvgIpc) is 3.16. The highest BCUT2D eigenvalue weighted by Crippen LogP contribution is 2.37. The molecule has 1 fully saturated rings. The standard InChI is InChI=1S/C13H13N7O.ClH/c14-13(4-1-5-13)12-18-11(21-19-12)9-2-3-10(16-6-9)20-8-15-7-17-20;/h2-3,6-8H,1,4-5,14H2;1H. The highest BCUT2D eigenvalue weighted by Gasteiger charge is 2.39. The molecule has 0 aliphatic heterocycles. The molecule has 8 nitrogen and oxygen atoms in total. The maximum atomic E-state index is 6.18. The van der Waals surface area contributed by atoms with Crippen LogP contribution >= 0.6 is 12.4 Å². The second kappa shape index (κ2) is 5.47. The van der Waals surface area contributed by atoms with Crippen LogP contribution in [0.4, 0.5) is 0 Å². The minimum Gasteiger partial charge on any atom is -0.334 e. The molecule has 0 unspecified atom stereocenters. The molecular formula is C13H14ClN7O. The molecule has 0 atom stereocenters. The van der Waals surface area contributed by atoms with Gasteiger partial charge in [-0.1, -0.05) is 5.16 Å². The number of halogens is 1. The zero-order valence-corrected chi connectivity index (χ0v) is 12.4. The van der Waals surface area contributed by atoms with E-state index in [1.165, 1.54) is 6.33 Å². The van der Waals surface area contributed by atoms with Crippen molar-refractivity contribution in [2.75, 3.05) is 0 Å². The topological polar surface area (TPSA) is 109 Å². The molecule has 1 aliphatic rings. The molecule has 1 saturated carbocycles. The summed E-state index contributed by atoms with van der Waals surface area (Å²) >= 11 is 0. The molecule has 0 saturated heterocycles. The van der Waals surface area contributed by atoms with Gasteiger partial charge in [-0.25, -0.2) is 14.6 Å². The number of rotatable bonds is 3. The van der Waals surface area contributed by atoms with E-state index in [2.05, 4.69) is 25.2 Å². The SMILES string of the molecule is Cl.NC1(c2noc(-c3ccc(-n4cncn4)nc3)n2)CCC1. The molecule has 22 heavy (non-hydrogen) atoms. The number of hydrogen-bond donors (Lipinski definition) is 1. The van der Waals surface area contributed by atoms with Crippen molar-refractivity contribution in [1.82, 2.24) is 29.9 Å². The van der Waals surface area contributed by atoms with Crippen molar-refractivity contribution in [3.05, 3.63) is 36.8 Å². The summed E-state index contributed by atoms with van der Waals surface area (Å²) in [5, 5.41) is 8.01. The van der Waals surface area contributed by atoms with Crippen molar-refractivity contribution in [1.29, 1.82) is 0 Å². The van der Waals surface area contributed by atoms with Gasteiger partial charge in [0, 0.05) is 6.20 Å². The maximum absolute atomic E-state index is 6.18. The average molecular weight is 320 g/mol. The third-order valence-corrected chi connectivity index (χ3v) is 3.77. The van der Waals surface area contributed by atoms with E-state index in [4.69, 9.17) is 10.3 Å². The second-order valence-electron chi connectivity index (χ2n) is 5.18. The molecule has 0 spiro atoms. The smallest absolute Gasteiger partial charge is 0.259 e. The monoisotopic (exact) mass is 319 g/mol. The van der Waals surface area contributed by atoms with Gasteiger partial charge in [-0.2, -0.15) is 10.1 Å². The molecule has 0 amide bonds. The van der Waals surface area contributed by atoms with E-state index in [0.717, 1.165) is 24.8 Å². The maximum Gasteiger partial charge on any atom is 0.259 e. The van der Waals surface area contributed by atoms with Gasteiger partial charge in [0.2, 0.25) is 0 Å². The number of aromatic nitrogens is 6. The van der Waals surface area contributed by atoms with Crippen LogP contribution in [0.5, 0.6) is 0 Å². The summed E-state index contributed by atoms with van der Waals surface area (Å²) in [5.41, 5.74) is 6.51. The predicted molar refractivity (Wildman–Crippen MR) is 79.4 cm³/mol. The molecule has 3 aromatic heterocycles. The minimum atomic E-state index is -0.421. The van der Waals surface area contributed by atoms with Gasteiger partial charge in [0.25, 0.3) is 5.89 Å². The molecule has 0 bridgehead atoms. The number of hydrogen-bond acceptors (Lipinski definition) is 7. The zero-order valence-electron chi connectivity index (χ0n) is 11.6. The van der Waals surface area contributed by atoms with Crippen LogP contribution in [0, 0.1) is 0 Å². The molecule has 114 valence electrons. The Morgan fingerprint density at radius 2 is 2.14 bits per heavy atom. The van der Waals surface area contributed by atoms with Gasteiger partial charge in [-0.05, 0) is 31.4 Å². The van der Waals surface area contributed by atoms with Crippen molar-refractivity contribution in [3.8, 4) is 17.3 Å². The van der Waals surface area contributed by atoms with E-state index in [1.54, 1.807) is 17.2 Å². The molecular weight excluding hydrogens is 306 g/mol. The van der Waals surface area contributed by atoms with E-state index >= 15 is 0 Å². The van der Waals surface area contributed by atoms with Crippen molar-refractivity contribution < 1.29 is 4.52 Å².